The molecular weight excluding hydrogens is 216 g/mol. The van der Waals surface area contributed by atoms with Crippen molar-refractivity contribution in [1.29, 1.82) is 0 Å². The lowest BCUT2D eigenvalue weighted by molar-refractivity contribution is -0.384. The Balaban J connectivity index is 2.17. The molecule has 1 heterocycles. The van der Waals surface area contributed by atoms with Gasteiger partial charge in [0.2, 0.25) is 5.91 Å². The summed E-state index contributed by atoms with van der Waals surface area (Å²) in [6.07, 6.45) is 0. The lowest BCUT2D eigenvalue weighted by atomic mass is 10.2. The van der Waals surface area contributed by atoms with Crippen molar-refractivity contribution in [3.05, 3.63) is 39.9 Å². The van der Waals surface area contributed by atoms with Gasteiger partial charge in [-0.05, 0) is 17.7 Å². The quantitative estimate of drug-likeness (QED) is 0.609. The van der Waals surface area contributed by atoms with E-state index < -0.39 is 4.92 Å². The Bertz CT molecular complexity index is 404. The van der Waals surface area contributed by atoms with Crippen LogP contribution in [0.3, 0.4) is 0 Å². The van der Waals surface area contributed by atoms with Gasteiger partial charge in [0.25, 0.3) is 5.69 Å². The highest BCUT2D eigenvalue weighted by atomic mass is 32.2. The van der Waals surface area contributed by atoms with Crippen molar-refractivity contribution < 1.29 is 9.72 Å². The summed E-state index contributed by atoms with van der Waals surface area (Å²) in [5.74, 6) is 0.449. The maximum atomic E-state index is 11.0. The molecule has 0 spiro atoms. The number of carbonyl (C=O) groups excluding carboxylic acids is 1. The molecule has 1 saturated heterocycles. The monoisotopic (exact) mass is 224 g/mol. The molecule has 1 aromatic carbocycles. The Morgan fingerprint density at radius 3 is 2.53 bits per heavy atom. The fraction of sp³-hybridized carbons (Fsp3) is 0.222. The second kappa shape index (κ2) is 3.90. The number of thioether (sulfide) groups is 1. The summed E-state index contributed by atoms with van der Waals surface area (Å²) in [6.45, 7) is 0. The third kappa shape index (κ3) is 2.10. The summed E-state index contributed by atoms with van der Waals surface area (Å²) in [7, 11) is 0. The van der Waals surface area contributed by atoms with E-state index in [9.17, 15) is 14.9 Å². The Morgan fingerprint density at radius 1 is 1.40 bits per heavy atom. The first kappa shape index (κ1) is 9.97. The molecule has 1 fully saturated rings. The molecule has 0 saturated carbocycles. The average molecular weight is 224 g/mol. The number of amides is 1. The largest absolute Gasteiger partial charge is 0.339 e. The number of nitro groups is 1. The van der Waals surface area contributed by atoms with E-state index in [4.69, 9.17) is 0 Å². The molecule has 6 heteroatoms. The van der Waals surface area contributed by atoms with Crippen LogP contribution in [0.2, 0.25) is 0 Å². The van der Waals surface area contributed by atoms with Gasteiger partial charge in [-0.25, -0.2) is 0 Å². The maximum Gasteiger partial charge on any atom is 0.269 e. The van der Waals surface area contributed by atoms with Gasteiger partial charge < -0.3 is 5.32 Å². The standard InChI is InChI=1S/C9H8N2O3S/c12-8-5-15-9(10-8)6-1-3-7(4-2-6)11(13)14/h1-4,9H,5H2,(H,10,12). The van der Waals surface area contributed by atoms with E-state index in [0.29, 0.717) is 5.75 Å². The van der Waals surface area contributed by atoms with Crippen LogP contribution >= 0.6 is 11.8 Å². The van der Waals surface area contributed by atoms with Gasteiger partial charge in [0, 0.05) is 12.1 Å². The summed E-state index contributed by atoms with van der Waals surface area (Å²) < 4.78 is 0. The molecule has 1 aliphatic heterocycles. The highest BCUT2D eigenvalue weighted by molar-refractivity contribution is 8.00. The number of benzene rings is 1. The number of hydrogen-bond acceptors (Lipinski definition) is 4. The molecular formula is C9H8N2O3S. The molecule has 1 unspecified atom stereocenters. The fourth-order valence-corrected chi connectivity index (χ4v) is 2.30. The number of nitrogens with one attached hydrogen (secondary N) is 1. The smallest absolute Gasteiger partial charge is 0.269 e. The second-order valence-corrected chi connectivity index (χ2v) is 4.20. The minimum absolute atomic E-state index is 0.00310. The molecule has 1 aromatic rings. The molecule has 15 heavy (non-hydrogen) atoms. The highest BCUT2D eigenvalue weighted by Crippen LogP contribution is 2.31. The summed E-state index contributed by atoms with van der Waals surface area (Å²) in [6, 6.07) is 6.23. The first-order valence-electron chi connectivity index (χ1n) is 4.32. The molecule has 1 amide bonds. The number of nitro benzene ring substituents is 1. The van der Waals surface area contributed by atoms with Crippen molar-refractivity contribution in [2.75, 3.05) is 5.75 Å². The minimum Gasteiger partial charge on any atom is -0.339 e. The van der Waals surface area contributed by atoms with E-state index in [1.807, 2.05) is 0 Å². The van der Waals surface area contributed by atoms with Crippen LogP contribution in [0.5, 0.6) is 0 Å². The van der Waals surface area contributed by atoms with E-state index in [0.717, 1.165) is 5.56 Å². The predicted molar refractivity (Wildman–Crippen MR) is 56.4 cm³/mol. The topological polar surface area (TPSA) is 72.2 Å². The van der Waals surface area contributed by atoms with Crippen LogP contribution in [0.15, 0.2) is 24.3 Å². The van der Waals surface area contributed by atoms with E-state index in [1.165, 1.54) is 23.9 Å². The van der Waals surface area contributed by atoms with Gasteiger partial charge in [0.05, 0.1) is 10.7 Å². The summed E-state index contributed by atoms with van der Waals surface area (Å²) >= 11 is 1.49. The zero-order valence-corrected chi connectivity index (χ0v) is 8.49. The summed E-state index contributed by atoms with van der Waals surface area (Å²) in [5.41, 5.74) is 0.949. The molecule has 2 rings (SSSR count). The molecule has 0 bridgehead atoms. The molecule has 1 aliphatic rings. The number of hydrogen-bond donors (Lipinski definition) is 1. The Kier molecular flexibility index (Phi) is 2.59. The van der Waals surface area contributed by atoms with Crippen molar-refractivity contribution in [1.82, 2.24) is 5.32 Å². The van der Waals surface area contributed by atoms with E-state index in [-0.39, 0.29) is 17.0 Å². The third-order valence-corrected chi connectivity index (χ3v) is 3.23. The normalized spacial score (nSPS) is 20.0. The molecule has 1 N–H and O–H groups in total. The number of carbonyl (C=O) groups is 1. The first-order valence-corrected chi connectivity index (χ1v) is 5.37. The summed E-state index contributed by atoms with van der Waals surface area (Å²) in [4.78, 5) is 20.9. The van der Waals surface area contributed by atoms with Crippen LogP contribution in [0.25, 0.3) is 0 Å². The van der Waals surface area contributed by atoms with Crippen LogP contribution in [0.4, 0.5) is 5.69 Å². The van der Waals surface area contributed by atoms with Crippen LogP contribution in [0.1, 0.15) is 10.9 Å². The third-order valence-electron chi connectivity index (χ3n) is 2.08. The molecule has 5 nitrogen and oxygen atoms in total. The van der Waals surface area contributed by atoms with E-state index >= 15 is 0 Å². The van der Waals surface area contributed by atoms with Crippen molar-refractivity contribution in [3.63, 3.8) is 0 Å². The zero-order valence-electron chi connectivity index (χ0n) is 7.67. The zero-order chi connectivity index (χ0) is 10.8. The van der Waals surface area contributed by atoms with Gasteiger partial charge in [-0.3, -0.25) is 14.9 Å². The van der Waals surface area contributed by atoms with Crippen LogP contribution in [-0.4, -0.2) is 16.6 Å². The number of non-ortho nitro benzene ring substituents is 1. The summed E-state index contributed by atoms with van der Waals surface area (Å²) in [5, 5.41) is 13.1. The minimum atomic E-state index is -0.440. The molecule has 78 valence electrons. The van der Waals surface area contributed by atoms with Gasteiger partial charge in [0.15, 0.2) is 0 Å². The Hall–Kier alpha value is -1.56. The van der Waals surface area contributed by atoms with Crippen LogP contribution < -0.4 is 5.32 Å². The first-order chi connectivity index (χ1) is 7.16. The Labute approximate surface area is 90.0 Å². The van der Waals surface area contributed by atoms with E-state index in [1.54, 1.807) is 12.1 Å². The maximum absolute atomic E-state index is 11.0. The van der Waals surface area contributed by atoms with Crippen LogP contribution in [-0.2, 0) is 4.79 Å². The Morgan fingerprint density at radius 2 is 2.07 bits per heavy atom. The van der Waals surface area contributed by atoms with Crippen molar-refractivity contribution in [2.24, 2.45) is 0 Å². The predicted octanol–water partition coefficient (Wildman–Crippen LogP) is 1.46. The number of rotatable bonds is 2. The fourth-order valence-electron chi connectivity index (χ4n) is 1.34. The van der Waals surface area contributed by atoms with E-state index in [2.05, 4.69) is 5.32 Å². The van der Waals surface area contributed by atoms with Gasteiger partial charge in [-0.2, -0.15) is 0 Å². The molecule has 0 aliphatic carbocycles. The molecule has 0 radical (unpaired) electrons. The van der Waals surface area contributed by atoms with Gasteiger partial charge in [0.1, 0.15) is 5.37 Å². The van der Waals surface area contributed by atoms with Gasteiger partial charge in [-0.1, -0.05) is 0 Å². The van der Waals surface area contributed by atoms with Gasteiger partial charge in [-0.15, -0.1) is 11.8 Å². The molecule has 0 aromatic heterocycles. The average Bonchev–Trinajstić information content (AvgIpc) is 2.65. The molecule has 1 atom stereocenters. The second-order valence-electron chi connectivity index (χ2n) is 3.11. The van der Waals surface area contributed by atoms with Crippen molar-refractivity contribution in [2.45, 2.75) is 5.37 Å². The van der Waals surface area contributed by atoms with Crippen LogP contribution in [0, 0.1) is 10.1 Å². The van der Waals surface area contributed by atoms with Crippen molar-refractivity contribution in [3.8, 4) is 0 Å². The van der Waals surface area contributed by atoms with Crippen molar-refractivity contribution >= 4 is 23.4 Å². The number of nitrogens with zero attached hydrogens (tertiary/aromatic N) is 1. The van der Waals surface area contributed by atoms with Gasteiger partial charge >= 0.3 is 0 Å². The highest BCUT2D eigenvalue weighted by Gasteiger charge is 2.23. The lowest BCUT2D eigenvalue weighted by Crippen LogP contribution is -2.18. The SMILES string of the molecule is O=C1CSC(c2ccc([N+](=O)[O-])cc2)N1. The lowest BCUT2D eigenvalue weighted by Gasteiger charge is -2.08.